The summed E-state index contributed by atoms with van der Waals surface area (Å²) in [4.78, 5) is 14.6. The summed E-state index contributed by atoms with van der Waals surface area (Å²) >= 11 is 4.74. The summed E-state index contributed by atoms with van der Waals surface area (Å²) in [5.41, 5.74) is 5.78. The van der Waals surface area contributed by atoms with Gasteiger partial charge in [-0.05, 0) is 50.2 Å². The Morgan fingerprint density at radius 3 is 2.49 bits per heavy atom. The van der Waals surface area contributed by atoms with Crippen LogP contribution < -0.4 is 10.3 Å². The van der Waals surface area contributed by atoms with Gasteiger partial charge in [0.2, 0.25) is 0 Å². The number of hydrogen-bond donors (Lipinski definition) is 2. The Morgan fingerprint density at radius 1 is 1.08 bits per heavy atom. The highest BCUT2D eigenvalue weighted by Crippen LogP contribution is 2.28. The van der Waals surface area contributed by atoms with Crippen molar-refractivity contribution in [3.63, 3.8) is 0 Å². The van der Waals surface area contributed by atoms with E-state index in [9.17, 15) is 9.90 Å². The van der Waals surface area contributed by atoms with Crippen molar-refractivity contribution >= 4 is 45.5 Å². The third-order valence-electron chi connectivity index (χ3n) is 5.62. The molecule has 0 saturated carbocycles. The number of hydrazone groups is 1. The third-order valence-corrected chi connectivity index (χ3v) is 7.08. The summed E-state index contributed by atoms with van der Waals surface area (Å²) in [7, 11) is 0. The zero-order chi connectivity index (χ0) is 26.2. The quantitative estimate of drug-likeness (QED) is 0.147. The number of benzene rings is 3. The van der Waals surface area contributed by atoms with Crippen LogP contribution in [0.15, 0.2) is 87.5 Å². The largest absolute Gasteiger partial charge is 0.507 e. The minimum absolute atomic E-state index is 0.0909. The van der Waals surface area contributed by atoms with E-state index >= 15 is 0 Å². The average molecular weight is 580 g/mol. The van der Waals surface area contributed by atoms with Crippen LogP contribution in [0.4, 0.5) is 5.69 Å². The van der Waals surface area contributed by atoms with Crippen molar-refractivity contribution in [2.24, 2.45) is 5.10 Å². The van der Waals surface area contributed by atoms with Gasteiger partial charge in [0.05, 0.1) is 12.0 Å². The average Bonchev–Trinajstić information content (AvgIpc) is 3.34. The summed E-state index contributed by atoms with van der Waals surface area (Å²) in [6, 6.07) is 23.0. The van der Waals surface area contributed by atoms with Crippen LogP contribution in [0.5, 0.6) is 5.75 Å². The minimum atomic E-state index is -0.299. The normalized spacial score (nSPS) is 11.1. The minimum Gasteiger partial charge on any atom is -0.507 e. The molecule has 1 aromatic heterocycles. The highest BCUT2D eigenvalue weighted by Gasteiger charge is 2.17. The number of halogens is 1. The van der Waals surface area contributed by atoms with E-state index in [1.165, 1.54) is 18.0 Å². The van der Waals surface area contributed by atoms with Gasteiger partial charge >= 0.3 is 0 Å². The molecule has 0 unspecified atom stereocenters. The van der Waals surface area contributed by atoms with E-state index in [1.807, 2.05) is 65.2 Å². The van der Waals surface area contributed by atoms with E-state index in [2.05, 4.69) is 55.4 Å². The molecule has 0 aliphatic heterocycles. The third kappa shape index (κ3) is 6.58. The summed E-state index contributed by atoms with van der Waals surface area (Å²) in [6.45, 7) is 5.82. The Morgan fingerprint density at radius 2 is 1.81 bits per heavy atom. The Labute approximate surface area is 228 Å². The molecular formula is C27H27BrN6O2S. The van der Waals surface area contributed by atoms with Gasteiger partial charge in [0, 0.05) is 46.1 Å². The maximum Gasteiger partial charge on any atom is 0.250 e. The van der Waals surface area contributed by atoms with Crippen LogP contribution in [-0.2, 0) is 4.79 Å². The molecule has 0 bridgehead atoms. The van der Waals surface area contributed by atoms with E-state index in [1.54, 1.807) is 12.1 Å². The van der Waals surface area contributed by atoms with Gasteiger partial charge in [0.15, 0.2) is 11.0 Å². The molecule has 0 aliphatic rings. The molecule has 10 heteroatoms. The number of aromatic nitrogens is 3. The number of aromatic hydroxyl groups is 1. The number of thioether (sulfide) groups is 1. The van der Waals surface area contributed by atoms with Crippen molar-refractivity contribution in [3.8, 4) is 22.8 Å². The van der Waals surface area contributed by atoms with Gasteiger partial charge in [0.1, 0.15) is 5.75 Å². The Kier molecular flexibility index (Phi) is 8.97. The molecule has 8 nitrogen and oxygen atoms in total. The van der Waals surface area contributed by atoms with Crippen LogP contribution in [0.1, 0.15) is 19.4 Å². The predicted octanol–water partition coefficient (Wildman–Crippen LogP) is 5.49. The van der Waals surface area contributed by atoms with Crippen LogP contribution in [0.2, 0.25) is 0 Å². The molecule has 0 spiro atoms. The van der Waals surface area contributed by atoms with E-state index in [4.69, 9.17) is 0 Å². The molecule has 1 heterocycles. The lowest BCUT2D eigenvalue weighted by molar-refractivity contribution is -0.118. The molecule has 0 atom stereocenters. The van der Waals surface area contributed by atoms with Gasteiger partial charge in [-0.1, -0.05) is 58.0 Å². The molecule has 2 N–H and O–H groups in total. The first-order valence-corrected chi connectivity index (χ1v) is 13.6. The topological polar surface area (TPSA) is 95.6 Å². The summed E-state index contributed by atoms with van der Waals surface area (Å²) in [5, 5.41) is 23.7. The summed E-state index contributed by atoms with van der Waals surface area (Å²) in [6.07, 6.45) is 1.43. The lowest BCUT2D eigenvalue weighted by atomic mass is 10.2. The fraction of sp³-hybridized carbons (Fsp3) is 0.185. The zero-order valence-electron chi connectivity index (χ0n) is 20.5. The highest BCUT2D eigenvalue weighted by molar-refractivity contribution is 9.10. The Bertz CT molecular complexity index is 1370. The highest BCUT2D eigenvalue weighted by atomic mass is 79.9. The second kappa shape index (κ2) is 12.6. The van der Waals surface area contributed by atoms with Gasteiger partial charge in [0.25, 0.3) is 5.91 Å². The fourth-order valence-corrected chi connectivity index (χ4v) is 4.73. The van der Waals surface area contributed by atoms with Gasteiger partial charge in [-0.15, -0.1) is 10.2 Å². The molecule has 190 valence electrons. The van der Waals surface area contributed by atoms with E-state index in [0.29, 0.717) is 16.5 Å². The number of carbonyl (C=O) groups excluding carboxylic acids is 1. The number of amides is 1. The van der Waals surface area contributed by atoms with E-state index in [0.717, 1.165) is 34.5 Å². The van der Waals surface area contributed by atoms with Gasteiger partial charge < -0.3 is 10.0 Å². The molecule has 4 rings (SSSR count). The Hall–Kier alpha value is -3.63. The smallest absolute Gasteiger partial charge is 0.250 e. The maximum atomic E-state index is 12.5. The van der Waals surface area contributed by atoms with Crippen molar-refractivity contribution in [2.75, 3.05) is 23.7 Å². The van der Waals surface area contributed by atoms with E-state index in [-0.39, 0.29) is 17.4 Å². The van der Waals surface area contributed by atoms with Crippen molar-refractivity contribution < 1.29 is 9.90 Å². The van der Waals surface area contributed by atoms with Crippen molar-refractivity contribution in [1.82, 2.24) is 20.2 Å². The van der Waals surface area contributed by atoms with Gasteiger partial charge in [-0.25, -0.2) is 5.43 Å². The van der Waals surface area contributed by atoms with E-state index < -0.39 is 0 Å². The number of carbonyl (C=O) groups is 1. The first-order valence-electron chi connectivity index (χ1n) is 11.8. The second-order valence-corrected chi connectivity index (χ2v) is 9.84. The molecule has 0 aliphatic carbocycles. The number of anilines is 1. The molecule has 0 radical (unpaired) electrons. The zero-order valence-corrected chi connectivity index (χ0v) is 22.9. The van der Waals surface area contributed by atoms with Crippen LogP contribution in [0.25, 0.3) is 17.1 Å². The van der Waals surface area contributed by atoms with Crippen LogP contribution >= 0.6 is 27.7 Å². The second-order valence-electron chi connectivity index (χ2n) is 7.98. The molecule has 1 amide bonds. The maximum absolute atomic E-state index is 12.5. The van der Waals surface area contributed by atoms with Gasteiger partial charge in [-0.3, -0.25) is 9.36 Å². The summed E-state index contributed by atoms with van der Waals surface area (Å²) < 4.78 is 2.89. The monoisotopic (exact) mass is 578 g/mol. The van der Waals surface area contributed by atoms with Crippen LogP contribution in [0.3, 0.4) is 0 Å². The molecule has 0 fully saturated rings. The lowest BCUT2D eigenvalue weighted by Gasteiger charge is -2.21. The summed E-state index contributed by atoms with van der Waals surface area (Å²) in [5.74, 6) is 0.584. The van der Waals surface area contributed by atoms with Crippen molar-refractivity contribution in [1.29, 1.82) is 0 Å². The number of hydrogen-bond acceptors (Lipinski definition) is 7. The number of nitrogens with one attached hydrogen (secondary N) is 1. The van der Waals surface area contributed by atoms with Gasteiger partial charge in [-0.2, -0.15) is 5.10 Å². The first-order chi connectivity index (χ1) is 18.0. The standard InChI is InChI=1S/C27H27BrN6O2S/c1-3-33(4-2)23-13-10-20(24(35)16-23)17-29-30-25(36)18-37-27-32-31-26(19-8-6-5-7-9-19)34(27)22-14-11-21(28)12-15-22/h5-17,35H,3-4,18H2,1-2H3,(H,30,36). The number of nitrogens with zero attached hydrogens (tertiary/aromatic N) is 5. The molecule has 3 aromatic carbocycles. The molecular weight excluding hydrogens is 552 g/mol. The molecule has 0 saturated heterocycles. The first kappa shape index (κ1) is 26.4. The van der Waals surface area contributed by atoms with Crippen molar-refractivity contribution in [2.45, 2.75) is 19.0 Å². The number of rotatable bonds is 10. The Balaban J connectivity index is 1.44. The van der Waals surface area contributed by atoms with Crippen LogP contribution in [0, 0.1) is 0 Å². The predicted molar refractivity (Wildman–Crippen MR) is 153 cm³/mol. The lowest BCUT2D eigenvalue weighted by Crippen LogP contribution is -2.21. The van der Waals surface area contributed by atoms with Crippen LogP contribution in [-0.4, -0.2) is 50.8 Å². The number of phenolic OH excluding ortho intramolecular Hbond substituents is 1. The molecule has 4 aromatic rings. The fourth-order valence-electron chi connectivity index (χ4n) is 3.72. The van der Waals surface area contributed by atoms with Crippen molar-refractivity contribution in [3.05, 3.63) is 82.8 Å². The molecule has 37 heavy (non-hydrogen) atoms. The SMILES string of the molecule is CCN(CC)c1ccc(C=NNC(=O)CSc2nnc(-c3ccccc3)n2-c2ccc(Br)cc2)c(O)c1. The number of phenols is 1.